The lowest BCUT2D eigenvalue weighted by molar-refractivity contribution is -0.137. The smallest absolute Gasteiger partial charge is 0.324 e. The number of benzene rings is 2. The van der Waals surface area contributed by atoms with Gasteiger partial charge >= 0.3 is 6.18 Å². The molecule has 162 valence electrons. The molecule has 31 heavy (non-hydrogen) atoms. The van der Waals surface area contributed by atoms with Crippen LogP contribution in [0.5, 0.6) is 0 Å². The van der Waals surface area contributed by atoms with Crippen molar-refractivity contribution >= 4 is 23.2 Å². The van der Waals surface area contributed by atoms with E-state index in [0.29, 0.717) is 11.4 Å². The Hall–Kier alpha value is -3.69. The second-order valence-electron chi connectivity index (χ2n) is 6.97. The minimum Gasteiger partial charge on any atom is -0.324 e. The van der Waals surface area contributed by atoms with Crippen molar-refractivity contribution in [2.75, 3.05) is 10.6 Å². The van der Waals surface area contributed by atoms with E-state index in [4.69, 9.17) is 0 Å². The number of hydrogen-bond acceptors (Lipinski definition) is 4. The number of carbonyl (C=O) groups is 2. The van der Waals surface area contributed by atoms with Crippen molar-refractivity contribution in [2.24, 2.45) is 0 Å². The summed E-state index contributed by atoms with van der Waals surface area (Å²) in [6, 6.07) is 10.2. The summed E-state index contributed by atoms with van der Waals surface area (Å²) in [4.78, 5) is 24.9. The highest BCUT2D eigenvalue weighted by atomic mass is 19.4. The fourth-order valence-electron chi connectivity index (χ4n) is 2.95. The molecule has 10 heteroatoms. The Balaban J connectivity index is 1.73. The predicted molar refractivity (Wildman–Crippen MR) is 109 cm³/mol. The van der Waals surface area contributed by atoms with Gasteiger partial charge in [-0.1, -0.05) is 29.5 Å². The molecule has 0 bridgehead atoms. The van der Waals surface area contributed by atoms with E-state index in [-0.39, 0.29) is 11.4 Å². The topological polar surface area (TPSA) is 88.9 Å². The van der Waals surface area contributed by atoms with Crippen LogP contribution < -0.4 is 10.6 Å². The van der Waals surface area contributed by atoms with Gasteiger partial charge in [-0.3, -0.25) is 9.59 Å². The quantitative estimate of drug-likeness (QED) is 0.636. The number of alkyl halides is 3. The van der Waals surface area contributed by atoms with Crippen molar-refractivity contribution < 1.29 is 22.8 Å². The van der Waals surface area contributed by atoms with Crippen LogP contribution in [0.3, 0.4) is 0 Å². The van der Waals surface area contributed by atoms with Crippen molar-refractivity contribution in [3.05, 3.63) is 70.5 Å². The number of halogens is 3. The lowest BCUT2D eigenvalue weighted by Crippen LogP contribution is -2.22. The van der Waals surface area contributed by atoms with E-state index < -0.39 is 30.1 Å². The molecule has 0 saturated carbocycles. The fraction of sp³-hybridized carbons (Fsp3) is 0.238. The van der Waals surface area contributed by atoms with Crippen molar-refractivity contribution in [3.63, 3.8) is 0 Å². The van der Waals surface area contributed by atoms with E-state index in [1.165, 1.54) is 12.1 Å². The Morgan fingerprint density at radius 1 is 0.968 bits per heavy atom. The third-order valence-corrected chi connectivity index (χ3v) is 4.85. The number of aromatic nitrogens is 3. The number of para-hydroxylation sites is 1. The summed E-state index contributed by atoms with van der Waals surface area (Å²) in [5.41, 5.74) is 1.56. The molecule has 0 atom stereocenters. The van der Waals surface area contributed by atoms with Gasteiger partial charge in [0.05, 0.1) is 16.9 Å². The number of anilines is 2. The zero-order chi connectivity index (χ0) is 22.8. The molecule has 0 unspecified atom stereocenters. The molecule has 1 aromatic heterocycles. The van der Waals surface area contributed by atoms with Crippen LogP contribution in [-0.4, -0.2) is 26.8 Å². The lowest BCUT2D eigenvalue weighted by Gasteiger charge is -2.13. The fourth-order valence-corrected chi connectivity index (χ4v) is 2.95. The van der Waals surface area contributed by atoms with Crippen LogP contribution in [0.1, 0.15) is 32.9 Å². The molecule has 1 heterocycles. The Morgan fingerprint density at radius 3 is 2.35 bits per heavy atom. The highest BCUT2D eigenvalue weighted by molar-refractivity contribution is 6.04. The molecule has 0 spiro atoms. The molecule has 0 aliphatic rings. The van der Waals surface area contributed by atoms with E-state index in [1.807, 2.05) is 26.0 Å². The van der Waals surface area contributed by atoms with Crippen molar-refractivity contribution in [1.29, 1.82) is 0 Å². The molecular weight excluding hydrogens is 411 g/mol. The van der Waals surface area contributed by atoms with Crippen LogP contribution >= 0.6 is 0 Å². The van der Waals surface area contributed by atoms with Crippen LogP contribution in [0.4, 0.5) is 24.5 Å². The Bertz CT molecular complexity index is 1140. The van der Waals surface area contributed by atoms with Gasteiger partial charge in [-0.2, -0.15) is 13.2 Å². The second kappa shape index (κ2) is 8.58. The number of rotatable bonds is 5. The van der Waals surface area contributed by atoms with Crippen LogP contribution in [0.15, 0.2) is 42.5 Å². The molecule has 2 aromatic carbocycles. The minimum atomic E-state index is -4.60. The molecule has 0 radical (unpaired) electrons. The number of aryl methyl sites for hydroxylation is 1. The molecule has 2 amide bonds. The van der Waals surface area contributed by atoms with Gasteiger partial charge in [0.15, 0.2) is 5.69 Å². The van der Waals surface area contributed by atoms with Crippen LogP contribution in [0.2, 0.25) is 0 Å². The molecule has 0 aliphatic carbocycles. The first-order chi connectivity index (χ1) is 14.6. The highest BCUT2D eigenvalue weighted by Gasteiger charge is 2.33. The number of hydrogen-bond donors (Lipinski definition) is 2. The van der Waals surface area contributed by atoms with Crippen LogP contribution in [0, 0.1) is 20.8 Å². The summed E-state index contributed by atoms with van der Waals surface area (Å²) >= 11 is 0. The van der Waals surface area contributed by atoms with E-state index in [9.17, 15) is 22.8 Å². The maximum absolute atomic E-state index is 13.1. The first kappa shape index (κ1) is 22.0. The largest absolute Gasteiger partial charge is 0.418 e. The van der Waals surface area contributed by atoms with Gasteiger partial charge in [0.1, 0.15) is 6.54 Å². The zero-order valence-corrected chi connectivity index (χ0v) is 17.0. The van der Waals surface area contributed by atoms with Gasteiger partial charge < -0.3 is 10.6 Å². The summed E-state index contributed by atoms with van der Waals surface area (Å²) in [6.07, 6.45) is -4.60. The van der Waals surface area contributed by atoms with E-state index in [2.05, 4.69) is 20.9 Å². The van der Waals surface area contributed by atoms with Crippen molar-refractivity contribution in [2.45, 2.75) is 33.5 Å². The third-order valence-electron chi connectivity index (χ3n) is 4.85. The predicted octanol–water partition coefficient (Wildman–Crippen LogP) is 4.11. The van der Waals surface area contributed by atoms with Crippen molar-refractivity contribution in [3.8, 4) is 0 Å². The number of nitrogens with zero attached hydrogens (tertiary/aromatic N) is 3. The molecule has 0 fully saturated rings. The maximum Gasteiger partial charge on any atom is 0.418 e. The zero-order valence-electron chi connectivity index (χ0n) is 17.0. The molecule has 3 rings (SSSR count). The summed E-state index contributed by atoms with van der Waals surface area (Å²) in [7, 11) is 0. The normalized spacial score (nSPS) is 11.3. The standard InChI is InChI=1S/C21H20F3N5O2/c1-12-7-6-10-16(13(12)2)26-20(31)19-14(3)29(28-27-19)11-18(30)25-17-9-5-4-8-15(17)21(22,23)24/h4-10H,11H2,1-3H3,(H,25,30)(H,26,31). The summed E-state index contributed by atoms with van der Waals surface area (Å²) < 4.78 is 40.4. The van der Waals surface area contributed by atoms with Gasteiger partial charge in [0.2, 0.25) is 5.91 Å². The summed E-state index contributed by atoms with van der Waals surface area (Å²) in [5, 5.41) is 12.6. The maximum atomic E-state index is 13.1. The molecule has 0 aliphatic heterocycles. The second-order valence-corrected chi connectivity index (χ2v) is 6.97. The van der Waals surface area contributed by atoms with E-state index in [0.717, 1.165) is 27.9 Å². The molecular formula is C21H20F3N5O2. The van der Waals surface area contributed by atoms with Crippen LogP contribution in [-0.2, 0) is 17.5 Å². The molecule has 0 saturated heterocycles. The first-order valence-corrected chi connectivity index (χ1v) is 9.31. The minimum absolute atomic E-state index is 0.0180. The van der Waals surface area contributed by atoms with E-state index >= 15 is 0 Å². The third kappa shape index (κ3) is 4.90. The SMILES string of the molecule is Cc1cccc(NC(=O)c2nnn(CC(=O)Nc3ccccc3C(F)(F)F)c2C)c1C. The number of amides is 2. The van der Waals surface area contributed by atoms with Crippen molar-refractivity contribution in [1.82, 2.24) is 15.0 Å². The summed E-state index contributed by atoms with van der Waals surface area (Å²) in [5.74, 6) is -1.23. The van der Waals surface area contributed by atoms with Gasteiger partial charge in [0, 0.05) is 5.69 Å². The van der Waals surface area contributed by atoms with Gasteiger partial charge in [-0.05, 0) is 50.1 Å². The Morgan fingerprint density at radius 2 is 1.65 bits per heavy atom. The average Bonchev–Trinajstić information content (AvgIpc) is 3.05. The summed E-state index contributed by atoms with van der Waals surface area (Å²) in [6.45, 7) is 4.94. The van der Waals surface area contributed by atoms with E-state index in [1.54, 1.807) is 13.0 Å². The Labute approximate surface area is 176 Å². The average molecular weight is 431 g/mol. The monoisotopic (exact) mass is 431 g/mol. The molecule has 7 nitrogen and oxygen atoms in total. The van der Waals surface area contributed by atoms with Gasteiger partial charge in [-0.15, -0.1) is 5.10 Å². The molecule has 2 N–H and O–H groups in total. The van der Waals surface area contributed by atoms with Crippen LogP contribution in [0.25, 0.3) is 0 Å². The Kier molecular flexibility index (Phi) is 6.09. The lowest BCUT2D eigenvalue weighted by atomic mass is 10.1. The number of nitrogens with one attached hydrogen (secondary N) is 2. The van der Waals surface area contributed by atoms with Gasteiger partial charge in [0.25, 0.3) is 5.91 Å². The highest BCUT2D eigenvalue weighted by Crippen LogP contribution is 2.34. The molecule has 3 aromatic rings. The number of carbonyl (C=O) groups excluding carboxylic acids is 2. The first-order valence-electron chi connectivity index (χ1n) is 9.31. The van der Waals surface area contributed by atoms with Gasteiger partial charge in [-0.25, -0.2) is 4.68 Å².